The van der Waals surface area contributed by atoms with E-state index in [1.165, 1.54) is 17.4 Å². The smallest absolute Gasteiger partial charge is 0.336 e. The topological polar surface area (TPSA) is 82.5 Å². The van der Waals surface area contributed by atoms with Crippen molar-refractivity contribution in [3.05, 3.63) is 71.0 Å². The normalized spacial score (nSPS) is 11.3. The second-order valence-corrected chi connectivity index (χ2v) is 7.09. The first kappa shape index (κ1) is 16.6. The van der Waals surface area contributed by atoms with Crippen molar-refractivity contribution in [2.45, 2.75) is 13.3 Å². The Kier molecular flexibility index (Phi) is 3.91. The van der Waals surface area contributed by atoms with Gasteiger partial charge in [-0.1, -0.05) is 6.92 Å². The zero-order valence-corrected chi connectivity index (χ0v) is 15.6. The van der Waals surface area contributed by atoms with Gasteiger partial charge >= 0.3 is 5.63 Å². The molecule has 4 heterocycles. The number of nitrogens with zero attached hydrogens (tertiary/aromatic N) is 4. The van der Waals surface area contributed by atoms with Gasteiger partial charge in [0.1, 0.15) is 11.3 Å². The van der Waals surface area contributed by atoms with Gasteiger partial charge in [-0.3, -0.25) is 4.98 Å². The predicted molar refractivity (Wildman–Crippen MR) is 106 cm³/mol. The van der Waals surface area contributed by atoms with Crippen LogP contribution in [0.5, 0.6) is 10.9 Å². The zero-order valence-electron chi connectivity index (χ0n) is 14.8. The van der Waals surface area contributed by atoms with E-state index in [0.29, 0.717) is 16.5 Å². The summed E-state index contributed by atoms with van der Waals surface area (Å²) in [6.45, 7) is 2.00. The third-order valence-electron chi connectivity index (χ3n) is 4.37. The highest BCUT2D eigenvalue weighted by atomic mass is 32.1. The van der Waals surface area contributed by atoms with Crippen LogP contribution in [-0.4, -0.2) is 19.6 Å². The van der Waals surface area contributed by atoms with Crippen LogP contribution in [0.15, 0.2) is 64.2 Å². The van der Waals surface area contributed by atoms with Gasteiger partial charge in [0, 0.05) is 35.5 Å². The Morgan fingerprint density at radius 3 is 2.96 bits per heavy atom. The summed E-state index contributed by atoms with van der Waals surface area (Å²) < 4.78 is 12.9. The number of imidazole rings is 1. The minimum atomic E-state index is -0.364. The highest BCUT2D eigenvalue weighted by Gasteiger charge is 2.12. The summed E-state index contributed by atoms with van der Waals surface area (Å²) in [6, 6.07) is 10.8. The van der Waals surface area contributed by atoms with E-state index in [-0.39, 0.29) is 5.63 Å². The number of aryl methyl sites for hydroxylation is 1. The molecule has 0 saturated heterocycles. The molecular formula is C20H14N4O3S. The van der Waals surface area contributed by atoms with Gasteiger partial charge in [-0.2, -0.15) is 0 Å². The van der Waals surface area contributed by atoms with Crippen LogP contribution in [0.1, 0.15) is 12.5 Å². The van der Waals surface area contributed by atoms with Gasteiger partial charge in [-0.25, -0.2) is 14.3 Å². The summed E-state index contributed by atoms with van der Waals surface area (Å²) in [5.74, 6) is 0.549. The van der Waals surface area contributed by atoms with Crippen LogP contribution in [0, 0.1) is 0 Å². The van der Waals surface area contributed by atoms with E-state index in [0.717, 1.165) is 33.6 Å². The maximum atomic E-state index is 11.7. The number of benzene rings is 1. The number of ether oxygens (including phenoxy) is 1. The summed E-state index contributed by atoms with van der Waals surface area (Å²) in [5.41, 5.74) is 2.82. The maximum absolute atomic E-state index is 11.7. The number of aromatic nitrogens is 4. The molecule has 0 amide bonds. The Hall–Kier alpha value is -3.52. The molecule has 5 rings (SSSR count). The van der Waals surface area contributed by atoms with Crippen LogP contribution in [-0.2, 0) is 6.42 Å². The lowest BCUT2D eigenvalue weighted by Gasteiger charge is -2.05. The Balaban J connectivity index is 1.46. The van der Waals surface area contributed by atoms with E-state index in [9.17, 15) is 4.79 Å². The lowest BCUT2D eigenvalue weighted by Crippen LogP contribution is -1.99. The fourth-order valence-corrected chi connectivity index (χ4v) is 3.80. The monoisotopic (exact) mass is 390 g/mol. The van der Waals surface area contributed by atoms with Crippen molar-refractivity contribution in [1.82, 2.24) is 19.6 Å². The van der Waals surface area contributed by atoms with E-state index in [2.05, 4.69) is 15.1 Å². The van der Waals surface area contributed by atoms with Crippen molar-refractivity contribution in [2.24, 2.45) is 0 Å². The Bertz CT molecular complexity index is 1320. The number of hydrogen-bond donors (Lipinski definition) is 0. The quantitative estimate of drug-likeness (QED) is 0.425. The van der Waals surface area contributed by atoms with Crippen LogP contribution < -0.4 is 10.4 Å². The molecule has 0 aliphatic heterocycles. The molecule has 0 bridgehead atoms. The highest BCUT2D eigenvalue weighted by molar-refractivity contribution is 7.18. The molecule has 0 N–H and O–H groups in total. The van der Waals surface area contributed by atoms with Gasteiger partial charge in [0.05, 0.1) is 11.9 Å². The van der Waals surface area contributed by atoms with E-state index in [1.54, 1.807) is 23.0 Å². The van der Waals surface area contributed by atoms with E-state index >= 15 is 0 Å². The van der Waals surface area contributed by atoms with Gasteiger partial charge in [-0.05, 0) is 47.6 Å². The van der Waals surface area contributed by atoms with Gasteiger partial charge in [0.25, 0.3) is 5.19 Å². The van der Waals surface area contributed by atoms with E-state index in [1.807, 2.05) is 37.4 Å². The van der Waals surface area contributed by atoms with Crippen LogP contribution in [0.4, 0.5) is 0 Å². The molecule has 0 radical (unpaired) electrons. The minimum Gasteiger partial charge on any atom is -0.430 e. The van der Waals surface area contributed by atoms with Crippen LogP contribution in [0.25, 0.3) is 27.2 Å². The molecule has 5 aromatic rings. The fourth-order valence-electron chi connectivity index (χ4n) is 3.04. The number of rotatable bonds is 4. The minimum absolute atomic E-state index is 0.364. The first-order valence-electron chi connectivity index (χ1n) is 8.71. The second kappa shape index (κ2) is 6.58. The molecule has 28 heavy (non-hydrogen) atoms. The average molecular weight is 390 g/mol. The van der Waals surface area contributed by atoms with Crippen molar-refractivity contribution < 1.29 is 9.15 Å². The number of hydrogen-bond acceptors (Lipinski definition) is 7. The van der Waals surface area contributed by atoms with Crippen LogP contribution in [0.2, 0.25) is 0 Å². The molecular weight excluding hydrogens is 376 g/mol. The summed E-state index contributed by atoms with van der Waals surface area (Å²) >= 11 is 1.33. The number of fused-ring (bicyclic) bond motifs is 2. The average Bonchev–Trinajstić information content (AvgIpc) is 3.26. The van der Waals surface area contributed by atoms with Crippen LogP contribution >= 0.6 is 11.3 Å². The van der Waals surface area contributed by atoms with Crippen LogP contribution in [0.3, 0.4) is 0 Å². The standard InChI is InChI=1S/C20H14N4O3S/c1-2-12-8-18(25)27-17-9-14(5-6-15(12)17)26-20-23-24-11-16(22-19(24)28-20)13-4-3-7-21-10-13/h3-11H,2H2,1H3. The third kappa shape index (κ3) is 2.93. The van der Waals surface area contributed by atoms with Crippen molar-refractivity contribution >= 4 is 27.3 Å². The molecule has 0 spiro atoms. The molecule has 0 saturated carbocycles. The Labute approximate surface area is 162 Å². The van der Waals surface area contributed by atoms with E-state index in [4.69, 9.17) is 9.15 Å². The zero-order chi connectivity index (χ0) is 19.1. The third-order valence-corrected chi connectivity index (χ3v) is 5.17. The molecule has 4 aromatic heterocycles. The summed E-state index contributed by atoms with van der Waals surface area (Å²) in [4.78, 5) is 21.1. The molecule has 0 atom stereocenters. The van der Waals surface area contributed by atoms with E-state index < -0.39 is 0 Å². The maximum Gasteiger partial charge on any atom is 0.336 e. The SMILES string of the molecule is CCc1cc(=O)oc2cc(Oc3nn4cc(-c5cccnc5)nc4s3)ccc12. The predicted octanol–water partition coefficient (Wildman–Crippen LogP) is 4.31. The number of pyridine rings is 1. The molecule has 1 aromatic carbocycles. The Morgan fingerprint density at radius 1 is 1.25 bits per heavy atom. The van der Waals surface area contributed by atoms with Gasteiger partial charge in [-0.15, -0.1) is 5.10 Å². The molecule has 0 fully saturated rings. The van der Waals surface area contributed by atoms with Crippen molar-refractivity contribution in [1.29, 1.82) is 0 Å². The largest absolute Gasteiger partial charge is 0.430 e. The first-order chi connectivity index (χ1) is 13.7. The molecule has 8 heteroatoms. The molecule has 138 valence electrons. The van der Waals surface area contributed by atoms with Crippen molar-refractivity contribution in [3.63, 3.8) is 0 Å². The lowest BCUT2D eigenvalue weighted by molar-refractivity contribution is 0.468. The summed E-state index contributed by atoms with van der Waals surface area (Å²) in [7, 11) is 0. The summed E-state index contributed by atoms with van der Waals surface area (Å²) in [5, 5.41) is 5.78. The lowest BCUT2D eigenvalue weighted by atomic mass is 10.1. The van der Waals surface area contributed by atoms with Gasteiger partial charge < -0.3 is 9.15 Å². The molecule has 0 aliphatic rings. The molecule has 7 nitrogen and oxygen atoms in total. The second-order valence-electron chi connectivity index (χ2n) is 6.17. The van der Waals surface area contributed by atoms with Crippen molar-refractivity contribution in [3.8, 4) is 22.2 Å². The van der Waals surface area contributed by atoms with Gasteiger partial charge in [0.15, 0.2) is 0 Å². The first-order valence-corrected chi connectivity index (χ1v) is 9.52. The summed E-state index contributed by atoms with van der Waals surface area (Å²) in [6.07, 6.45) is 6.08. The molecule has 0 unspecified atom stereocenters. The van der Waals surface area contributed by atoms with Gasteiger partial charge in [0.2, 0.25) is 4.96 Å². The fraction of sp³-hybridized carbons (Fsp3) is 0.100. The molecule has 0 aliphatic carbocycles. The Morgan fingerprint density at radius 2 is 2.18 bits per heavy atom. The van der Waals surface area contributed by atoms with Crippen molar-refractivity contribution in [2.75, 3.05) is 0 Å². The highest BCUT2D eigenvalue weighted by Crippen LogP contribution is 2.31.